The number of furan rings is 1. The summed E-state index contributed by atoms with van der Waals surface area (Å²) in [6, 6.07) is 21.6. The van der Waals surface area contributed by atoms with Gasteiger partial charge in [0.25, 0.3) is 0 Å². The maximum atomic E-state index is 6.01. The summed E-state index contributed by atoms with van der Waals surface area (Å²) < 4.78 is 6.01. The van der Waals surface area contributed by atoms with Crippen LogP contribution in [0.4, 0.5) is 11.8 Å². The number of benzene rings is 2. The molecule has 1 saturated carbocycles. The van der Waals surface area contributed by atoms with E-state index in [0.717, 1.165) is 72.0 Å². The quantitative estimate of drug-likeness (QED) is 0.368. The molecule has 2 aromatic carbocycles. The van der Waals surface area contributed by atoms with Crippen LogP contribution in [0.5, 0.6) is 0 Å². The van der Waals surface area contributed by atoms with Crippen LogP contribution in [0.15, 0.2) is 65.1 Å². The van der Waals surface area contributed by atoms with E-state index < -0.39 is 0 Å². The smallest absolute Gasteiger partial charge is 0.225 e. The summed E-state index contributed by atoms with van der Waals surface area (Å²) >= 11 is 0. The van der Waals surface area contributed by atoms with E-state index in [1.165, 1.54) is 5.56 Å². The molecule has 1 aliphatic carbocycles. The van der Waals surface area contributed by atoms with Gasteiger partial charge in [-0.05, 0) is 50.8 Å². The zero-order chi connectivity index (χ0) is 23.5. The maximum Gasteiger partial charge on any atom is 0.225 e. The third kappa shape index (κ3) is 4.92. The lowest BCUT2D eigenvalue weighted by molar-refractivity contribution is 0.351. The summed E-state index contributed by atoms with van der Waals surface area (Å²) in [4.78, 5) is 11.6. The molecule has 34 heavy (non-hydrogen) atoms. The minimum absolute atomic E-state index is 0.398. The van der Waals surface area contributed by atoms with E-state index >= 15 is 0 Å². The van der Waals surface area contributed by atoms with Crippen LogP contribution >= 0.6 is 0 Å². The molecule has 0 saturated heterocycles. The van der Waals surface area contributed by atoms with Crippen molar-refractivity contribution in [3.63, 3.8) is 0 Å². The number of anilines is 2. The van der Waals surface area contributed by atoms with Crippen molar-refractivity contribution in [2.75, 3.05) is 24.3 Å². The second kappa shape index (κ2) is 9.85. The van der Waals surface area contributed by atoms with Crippen molar-refractivity contribution in [3.05, 3.63) is 72.0 Å². The zero-order valence-electron chi connectivity index (χ0n) is 20.2. The average Bonchev–Trinajstić information content (AvgIpc) is 3.24. The Labute approximate surface area is 201 Å². The lowest BCUT2D eigenvalue weighted by atomic mass is 9.91. The van der Waals surface area contributed by atoms with Crippen molar-refractivity contribution in [3.8, 4) is 11.3 Å². The molecule has 1 aliphatic rings. The van der Waals surface area contributed by atoms with Crippen molar-refractivity contribution in [2.45, 2.75) is 51.2 Å². The van der Waals surface area contributed by atoms with Gasteiger partial charge in [-0.2, -0.15) is 4.98 Å². The van der Waals surface area contributed by atoms with Gasteiger partial charge in [0.15, 0.2) is 0 Å². The van der Waals surface area contributed by atoms with Gasteiger partial charge in [-0.3, -0.25) is 0 Å². The first-order chi connectivity index (χ1) is 16.6. The van der Waals surface area contributed by atoms with Gasteiger partial charge in [0, 0.05) is 49.2 Å². The third-order valence-corrected chi connectivity index (χ3v) is 6.73. The van der Waals surface area contributed by atoms with E-state index in [0.29, 0.717) is 12.1 Å². The number of aromatic nitrogens is 2. The van der Waals surface area contributed by atoms with Crippen LogP contribution in [-0.4, -0.2) is 36.1 Å². The van der Waals surface area contributed by atoms with Gasteiger partial charge in [0.05, 0.1) is 5.52 Å². The molecule has 0 radical (unpaired) electrons. The molecular weight excluding hydrogens is 422 g/mol. The monoisotopic (exact) mass is 455 g/mol. The molecule has 0 aliphatic heterocycles. The summed E-state index contributed by atoms with van der Waals surface area (Å²) in [5.41, 5.74) is 3.33. The summed E-state index contributed by atoms with van der Waals surface area (Å²) in [7, 11) is 4.06. The number of hydrogen-bond donors (Lipinski definition) is 2. The molecule has 0 spiro atoms. The Kier molecular flexibility index (Phi) is 6.50. The van der Waals surface area contributed by atoms with Crippen LogP contribution in [0.3, 0.4) is 0 Å². The van der Waals surface area contributed by atoms with Crippen LogP contribution in [0.1, 0.15) is 37.0 Å². The predicted molar refractivity (Wildman–Crippen MR) is 139 cm³/mol. The van der Waals surface area contributed by atoms with E-state index in [1.54, 1.807) is 0 Å². The molecule has 0 atom stereocenters. The number of aryl methyl sites for hydroxylation is 1. The van der Waals surface area contributed by atoms with Gasteiger partial charge in [0.2, 0.25) is 5.95 Å². The van der Waals surface area contributed by atoms with Crippen molar-refractivity contribution >= 4 is 22.7 Å². The van der Waals surface area contributed by atoms with Gasteiger partial charge < -0.3 is 20.0 Å². The molecule has 4 aromatic rings. The van der Waals surface area contributed by atoms with E-state index in [1.807, 2.05) is 44.4 Å². The molecule has 2 N–H and O–H groups in total. The van der Waals surface area contributed by atoms with E-state index in [2.05, 4.69) is 52.8 Å². The highest BCUT2D eigenvalue weighted by atomic mass is 16.3. The Balaban J connectivity index is 1.17. The maximum absolute atomic E-state index is 6.01. The van der Waals surface area contributed by atoms with Crippen LogP contribution < -0.4 is 15.5 Å². The van der Waals surface area contributed by atoms with Crippen molar-refractivity contribution in [2.24, 2.45) is 0 Å². The van der Waals surface area contributed by atoms with Crippen LogP contribution in [0.25, 0.3) is 22.2 Å². The highest BCUT2D eigenvalue weighted by Gasteiger charge is 2.22. The van der Waals surface area contributed by atoms with Crippen LogP contribution in [0.2, 0.25) is 0 Å². The van der Waals surface area contributed by atoms with Gasteiger partial charge in [-0.1, -0.05) is 42.5 Å². The SMILES string of the molecule is Cc1oc(-c2ccccc2)cc1CN[C@H]1CC[C@@H](Nc2nc(N(C)C)c3ccccc3n2)CC1. The third-order valence-electron chi connectivity index (χ3n) is 6.73. The standard InChI is InChI=1S/C28H33N5O/c1-19-21(17-26(34-19)20-9-5-4-6-10-20)18-29-22-13-15-23(16-14-22)30-28-31-25-12-8-7-11-24(25)27(32-28)33(2)3/h4-12,17,22-23,29H,13-16,18H2,1-3H3,(H,30,31,32)/t22-,23+. The highest BCUT2D eigenvalue weighted by Crippen LogP contribution is 2.28. The van der Waals surface area contributed by atoms with Crippen LogP contribution in [-0.2, 0) is 6.54 Å². The topological polar surface area (TPSA) is 66.2 Å². The van der Waals surface area contributed by atoms with Crippen molar-refractivity contribution in [1.29, 1.82) is 0 Å². The molecule has 1 fully saturated rings. The summed E-state index contributed by atoms with van der Waals surface area (Å²) in [5, 5.41) is 8.43. The molecule has 0 amide bonds. The first-order valence-electron chi connectivity index (χ1n) is 12.2. The molecular formula is C28H33N5O. The van der Waals surface area contributed by atoms with E-state index in [4.69, 9.17) is 14.4 Å². The van der Waals surface area contributed by atoms with Crippen molar-refractivity contribution < 1.29 is 4.42 Å². The largest absolute Gasteiger partial charge is 0.461 e. The lowest BCUT2D eigenvalue weighted by Gasteiger charge is -2.30. The predicted octanol–water partition coefficient (Wildman–Crippen LogP) is 5.78. The second-order valence-corrected chi connectivity index (χ2v) is 9.41. The number of nitrogens with one attached hydrogen (secondary N) is 2. The minimum Gasteiger partial charge on any atom is -0.461 e. The number of hydrogen-bond acceptors (Lipinski definition) is 6. The van der Waals surface area contributed by atoms with Gasteiger partial charge >= 0.3 is 0 Å². The Morgan fingerprint density at radius 2 is 1.62 bits per heavy atom. The summed E-state index contributed by atoms with van der Waals surface area (Å²) in [5.74, 6) is 3.61. The first kappa shape index (κ1) is 22.4. The Bertz CT molecular complexity index is 1240. The highest BCUT2D eigenvalue weighted by molar-refractivity contribution is 5.90. The molecule has 5 rings (SSSR count). The van der Waals surface area contributed by atoms with Crippen LogP contribution in [0, 0.1) is 6.92 Å². The molecule has 2 aromatic heterocycles. The number of para-hydroxylation sites is 1. The average molecular weight is 456 g/mol. The number of nitrogens with zero attached hydrogens (tertiary/aromatic N) is 3. The van der Waals surface area contributed by atoms with Crippen molar-refractivity contribution in [1.82, 2.24) is 15.3 Å². The summed E-state index contributed by atoms with van der Waals surface area (Å²) in [6.45, 7) is 2.89. The molecule has 176 valence electrons. The molecule has 0 bridgehead atoms. The van der Waals surface area contributed by atoms with E-state index in [-0.39, 0.29) is 0 Å². The second-order valence-electron chi connectivity index (χ2n) is 9.41. The molecule has 0 unspecified atom stereocenters. The Morgan fingerprint density at radius 1 is 0.912 bits per heavy atom. The fourth-order valence-corrected chi connectivity index (χ4v) is 4.78. The summed E-state index contributed by atoms with van der Waals surface area (Å²) in [6.07, 6.45) is 4.47. The lowest BCUT2D eigenvalue weighted by Crippen LogP contribution is -2.37. The number of rotatable bonds is 7. The van der Waals surface area contributed by atoms with Gasteiger partial charge in [0.1, 0.15) is 17.3 Å². The first-order valence-corrected chi connectivity index (χ1v) is 12.2. The van der Waals surface area contributed by atoms with Gasteiger partial charge in [-0.15, -0.1) is 0 Å². The normalized spacial score (nSPS) is 18.2. The molecule has 6 nitrogen and oxygen atoms in total. The minimum atomic E-state index is 0.398. The van der Waals surface area contributed by atoms with E-state index in [9.17, 15) is 0 Å². The molecule has 6 heteroatoms. The Morgan fingerprint density at radius 3 is 2.38 bits per heavy atom. The fourth-order valence-electron chi connectivity index (χ4n) is 4.78. The van der Waals surface area contributed by atoms with Gasteiger partial charge in [-0.25, -0.2) is 4.98 Å². The molecule has 2 heterocycles. The number of fused-ring (bicyclic) bond motifs is 1. The zero-order valence-corrected chi connectivity index (χ0v) is 20.2. The fraction of sp³-hybridized carbons (Fsp3) is 0.357. The Hall–Kier alpha value is -3.38.